The van der Waals surface area contributed by atoms with E-state index in [0.29, 0.717) is 41.0 Å². The molecule has 3 N–H and O–H groups in total. The second-order valence-electron chi connectivity index (χ2n) is 5.44. The van der Waals surface area contributed by atoms with Crippen LogP contribution in [0.3, 0.4) is 0 Å². The molecular weight excluding hydrogens is 358 g/mol. The maximum atomic E-state index is 12.5. The highest BCUT2D eigenvalue weighted by Gasteiger charge is 2.36. The largest absolute Gasteiger partial charge is 0.409 e. The van der Waals surface area contributed by atoms with Gasteiger partial charge in [-0.1, -0.05) is 29.7 Å². The van der Waals surface area contributed by atoms with Gasteiger partial charge in [-0.15, -0.1) is 0 Å². The molecule has 1 aromatic carbocycles. The van der Waals surface area contributed by atoms with Gasteiger partial charge < -0.3 is 15.8 Å². The molecule has 1 fully saturated rings. The molecule has 0 aliphatic carbocycles. The summed E-state index contributed by atoms with van der Waals surface area (Å²) in [7, 11) is 0. The van der Waals surface area contributed by atoms with E-state index in [1.807, 2.05) is 6.92 Å². The summed E-state index contributed by atoms with van der Waals surface area (Å²) in [6.07, 6.45) is 1.31. The first-order chi connectivity index (χ1) is 9.89. The van der Waals surface area contributed by atoms with Gasteiger partial charge in [0.25, 0.3) is 5.91 Å². The van der Waals surface area contributed by atoms with Gasteiger partial charge in [-0.3, -0.25) is 4.79 Å². The standard InChI is InChI=1S/C14H17BrClN3O2/c1-14(13(17)18-21)5-7-19(8-6-14)12(20)9-3-2-4-10(15)11(9)16/h2-4,21H,5-8H2,1H3,(H2,17,18). The van der Waals surface area contributed by atoms with Gasteiger partial charge in [-0.25, -0.2) is 0 Å². The van der Waals surface area contributed by atoms with Crippen LogP contribution in [0.2, 0.25) is 5.02 Å². The van der Waals surface area contributed by atoms with E-state index in [1.165, 1.54) is 0 Å². The van der Waals surface area contributed by atoms with E-state index in [4.69, 9.17) is 22.5 Å². The smallest absolute Gasteiger partial charge is 0.255 e. The Morgan fingerprint density at radius 2 is 2.10 bits per heavy atom. The number of amidine groups is 1. The van der Waals surface area contributed by atoms with Gasteiger partial charge >= 0.3 is 0 Å². The Hall–Kier alpha value is -1.27. The molecule has 114 valence electrons. The third-order valence-electron chi connectivity index (χ3n) is 4.06. The van der Waals surface area contributed by atoms with Crippen LogP contribution < -0.4 is 5.73 Å². The summed E-state index contributed by atoms with van der Waals surface area (Å²) in [4.78, 5) is 14.3. The van der Waals surface area contributed by atoms with E-state index in [0.717, 1.165) is 0 Å². The first-order valence-corrected chi connectivity index (χ1v) is 7.77. The van der Waals surface area contributed by atoms with Gasteiger partial charge in [0, 0.05) is 23.0 Å². The number of nitrogens with two attached hydrogens (primary N) is 1. The number of benzene rings is 1. The number of rotatable bonds is 2. The normalized spacial score (nSPS) is 18.6. The lowest BCUT2D eigenvalue weighted by Gasteiger charge is -2.38. The Labute approximate surface area is 136 Å². The summed E-state index contributed by atoms with van der Waals surface area (Å²) < 4.78 is 0.702. The van der Waals surface area contributed by atoms with Crippen molar-refractivity contribution in [1.82, 2.24) is 4.90 Å². The summed E-state index contributed by atoms with van der Waals surface area (Å²) in [5, 5.41) is 12.4. The zero-order valence-corrected chi connectivity index (χ0v) is 14.0. The molecule has 7 heteroatoms. The third kappa shape index (κ3) is 3.16. The lowest BCUT2D eigenvalue weighted by molar-refractivity contribution is 0.0666. The molecule has 1 amide bonds. The Morgan fingerprint density at radius 1 is 1.48 bits per heavy atom. The highest BCUT2D eigenvalue weighted by Crippen LogP contribution is 2.33. The molecule has 0 atom stereocenters. The summed E-state index contributed by atoms with van der Waals surface area (Å²) in [5.41, 5.74) is 5.84. The number of carbonyl (C=O) groups is 1. The Balaban J connectivity index is 2.12. The quantitative estimate of drug-likeness (QED) is 0.361. The monoisotopic (exact) mass is 373 g/mol. The third-order valence-corrected chi connectivity index (χ3v) is 5.36. The highest BCUT2D eigenvalue weighted by molar-refractivity contribution is 9.10. The summed E-state index contributed by atoms with van der Waals surface area (Å²) in [6.45, 7) is 3.04. The van der Waals surface area contributed by atoms with Crippen molar-refractivity contribution in [3.8, 4) is 0 Å². The Kier molecular flexibility index (Phi) is 4.78. The Morgan fingerprint density at radius 3 is 2.67 bits per heavy atom. The zero-order valence-electron chi connectivity index (χ0n) is 11.6. The van der Waals surface area contributed by atoms with Crippen LogP contribution in [0.1, 0.15) is 30.1 Å². The van der Waals surface area contributed by atoms with E-state index in [-0.39, 0.29) is 17.2 Å². The van der Waals surface area contributed by atoms with E-state index >= 15 is 0 Å². The van der Waals surface area contributed by atoms with E-state index < -0.39 is 0 Å². The fourth-order valence-electron chi connectivity index (χ4n) is 2.42. The van der Waals surface area contributed by atoms with Crippen LogP contribution in [-0.4, -0.2) is 34.9 Å². The number of piperidine rings is 1. The fraction of sp³-hybridized carbons (Fsp3) is 0.429. The second kappa shape index (κ2) is 6.23. The van der Waals surface area contributed by atoms with Crippen molar-refractivity contribution in [3.63, 3.8) is 0 Å². The first-order valence-electron chi connectivity index (χ1n) is 6.60. The van der Waals surface area contributed by atoms with Crippen molar-refractivity contribution in [2.24, 2.45) is 16.3 Å². The average Bonchev–Trinajstić information content (AvgIpc) is 2.49. The molecule has 1 aliphatic rings. The van der Waals surface area contributed by atoms with Gasteiger partial charge in [0.2, 0.25) is 0 Å². The highest BCUT2D eigenvalue weighted by atomic mass is 79.9. The molecule has 1 saturated heterocycles. The molecule has 1 heterocycles. The lowest BCUT2D eigenvalue weighted by Crippen LogP contribution is -2.47. The number of likely N-dealkylation sites (tertiary alicyclic amines) is 1. The molecule has 21 heavy (non-hydrogen) atoms. The zero-order chi connectivity index (χ0) is 15.6. The minimum Gasteiger partial charge on any atom is -0.409 e. The summed E-state index contributed by atoms with van der Waals surface area (Å²) in [6, 6.07) is 5.30. The molecule has 0 unspecified atom stereocenters. The van der Waals surface area contributed by atoms with Crippen LogP contribution in [0.4, 0.5) is 0 Å². The van der Waals surface area contributed by atoms with Crippen molar-refractivity contribution in [2.75, 3.05) is 13.1 Å². The van der Waals surface area contributed by atoms with Crippen LogP contribution in [-0.2, 0) is 0 Å². The van der Waals surface area contributed by atoms with Crippen LogP contribution in [0.5, 0.6) is 0 Å². The van der Waals surface area contributed by atoms with Crippen molar-refractivity contribution >= 4 is 39.3 Å². The molecule has 0 radical (unpaired) electrons. The van der Waals surface area contributed by atoms with Gasteiger partial charge in [0.05, 0.1) is 10.6 Å². The van der Waals surface area contributed by atoms with Gasteiger partial charge in [0.1, 0.15) is 5.84 Å². The van der Waals surface area contributed by atoms with E-state index in [1.54, 1.807) is 23.1 Å². The summed E-state index contributed by atoms with van der Waals surface area (Å²) in [5.74, 6) is 0.123. The molecule has 5 nitrogen and oxygen atoms in total. The molecule has 1 aromatic rings. The molecule has 0 aromatic heterocycles. The number of halogens is 2. The van der Waals surface area contributed by atoms with Crippen molar-refractivity contribution in [1.29, 1.82) is 0 Å². The van der Waals surface area contributed by atoms with Crippen LogP contribution in [0.15, 0.2) is 27.8 Å². The fourth-order valence-corrected chi connectivity index (χ4v) is 2.99. The van der Waals surface area contributed by atoms with Crippen molar-refractivity contribution < 1.29 is 10.0 Å². The SMILES string of the molecule is CC1(/C(N)=N/O)CCN(C(=O)c2cccc(Br)c2Cl)CC1. The number of oxime groups is 1. The molecule has 1 aliphatic heterocycles. The molecular formula is C14H17BrClN3O2. The van der Waals surface area contributed by atoms with Crippen LogP contribution in [0.25, 0.3) is 0 Å². The topological polar surface area (TPSA) is 78.9 Å². The Bertz CT molecular complexity index is 584. The van der Waals surface area contributed by atoms with Crippen LogP contribution >= 0.6 is 27.5 Å². The maximum Gasteiger partial charge on any atom is 0.255 e. The van der Waals surface area contributed by atoms with Crippen molar-refractivity contribution in [2.45, 2.75) is 19.8 Å². The maximum absolute atomic E-state index is 12.5. The average molecular weight is 375 g/mol. The predicted octanol–water partition coefficient (Wildman–Crippen LogP) is 3.09. The molecule has 0 bridgehead atoms. The minimum atomic E-state index is -0.368. The second-order valence-corrected chi connectivity index (χ2v) is 6.67. The molecule has 2 rings (SSSR count). The first kappa shape index (κ1) is 16.1. The van der Waals surface area contributed by atoms with Gasteiger partial charge in [0.15, 0.2) is 0 Å². The minimum absolute atomic E-state index is 0.0946. The summed E-state index contributed by atoms with van der Waals surface area (Å²) >= 11 is 9.49. The lowest BCUT2D eigenvalue weighted by atomic mass is 9.79. The number of hydrogen-bond acceptors (Lipinski definition) is 3. The number of hydrogen-bond donors (Lipinski definition) is 2. The van der Waals surface area contributed by atoms with Gasteiger partial charge in [-0.05, 0) is 40.9 Å². The number of amides is 1. The number of carbonyl (C=O) groups excluding carboxylic acids is 1. The molecule has 0 spiro atoms. The van der Waals surface area contributed by atoms with E-state index in [9.17, 15) is 4.79 Å². The number of nitrogens with zero attached hydrogens (tertiary/aromatic N) is 2. The van der Waals surface area contributed by atoms with Gasteiger partial charge in [-0.2, -0.15) is 0 Å². The van der Waals surface area contributed by atoms with Crippen molar-refractivity contribution in [3.05, 3.63) is 33.3 Å². The van der Waals surface area contributed by atoms with Crippen LogP contribution in [0, 0.1) is 5.41 Å². The molecule has 0 saturated carbocycles. The van der Waals surface area contributed by atoms with E-state index in [2.05, 4.69) is 21.1 Å². The predicted molar refractivity (Wildman–Crippen MR) is 85.8 cm³/mol.